The highest BCUT2D eigenvalue weighted by atomic mass is 32.2. The molecule has 0 aromatic rings. The molecule has 19 heavy (non-hydrogen) atoms. The smallest absolute Gasteiger partial charge is 0.214 e. The van der Waals surface area contributed by atoms with Crippen molar-refractivity contribution in [3.8, 4) is 0 Å². The fourth-order valence-electron chi connectivity index (χ4n) is 2.37. The Bertz CT molecular complexity index is 355. The largest absolute Gasteiger partial charge is 0.314 e. The molecule has 1 heterocycles. The highest BCUT2D eigenvalue weighted by Gasteiger charge is 2.29. The van der Waals surface area contributed by atoms with Crippen LogP contribution in [0.25, 0.3) is 0 Å². The quantitative estimate of drug-likeness (QED) is 0.703. The van der Waals surface area contributed by atoms with Crippen molar-refractivity contribution in [3.05, 3.63) is 0 Å². The molecule has 1 fully saturated rings. The lowest BCUT2D eigenvalue weighted by atomic mass is 10.1. The molecule has 0 saturated carbocycles. The van der Waals surface area contributed by atoms with E-state index in [-0.39, 0.29) is 5.75 Å². The first-order valence-corrected chi connectivity index (χ1v) is 8.81. The van der Waals surface area contributed by atoms with Gasteiger partial charge in [0.05, 0.1) is 5.75 Å². The molecule has 0 radical (unpaired) electrons. The Morgan fingerprint density at radius 3 is 2.63 bits per heavy atom. The maximum Gasteiger partial charge on any atom is 0.214 e. The summed E-state index contributed by atoms with van der Waals surface area (Å²) in [6.45, 7) is 6.24. The van der Waals surface area contributed by atoms with E-state index < -0.39 is 10.0 Å². The number of likely N-dealkylation sites (N-methyl/N-ethyl adjacent to an activating group) is 1. The van der Waals surface area contributed by atoms with E-state index in [9.17, 15) is 8.42 Å². The van der Waals surface area contributed by atoms with Crippen molar-refractivity contribution < 1.29 is 8.42 Å². The second kappa shape index (κ2) is 7.57. The molecule has 1 atom stereocenters. The van der Waals surface area contributed by atoms with Crippen LogP contribution in [0.4, 0.5) is 0 Å². The molecule has 1 unspecified atom stereocenters. The maximum absolute atomic E-state index is 12.3. The molecule has 1 aliphatic rings. The van der Waals surface area contributed by atoms with Crippen LogP contribution in [0.1, 0.15) is 33.1 Å². The van der Waals surface area contributed by atoms with E-state index in [1.165, 1.54) is 0 Å². The predicted octanol–water partition coefficient (Wildman–Crippen LogP) is 0.730. The van der Waals surface area contributed by atoms with Crippen molar-refractivity contribution in [2.45, 2.75) is 45.2 Å². The molecule has 114 valence electrons. The fraction of sp³-hybridized carbons (Fsp3) is 1.00. The zero-order chi connectivity index (χ0) is 14.5. The minimum Gasteiger partial charge on any atom is -0.314 e. The Balaban J connectivity index is 2.43. The van der Waals surface area contributed by atoms with Crippen molar-refractivity contribution in [1.29, 1.82) is 0 Å². The van der Waals surface area contributed by atoms with E-state index >= 15 is 0 Å². The number of rotatable bonds is 7. The third kappa shape index (κ3) is 5.77. The Labute approximate surface area is 118 Å². The van der Waals surface area contributed by atoms with Gasteiger partial charge < -0.3 is 10.2 Å². The van der Waals surface area contributed by atoms with Crippen LogP contribution >= 0.6 is 0 Å². The summed E-state index contributed by atoms with van der Waals surface area (Å²) < 4.78 is 26.2. The molecule has 0 spiro atoms. The van der Waals surface area contributed by atoms with Gasteiger partial charge in [0.2, 0.25) is 10.0 Å². The van der Waals surface area contributed by atoms with Crippen molar-refractivity contribution >= 4 is 10.0 Å². The lowest BCUT2D eigenvalue weighted by Gasteiger charge is -2.35. The lowest BCUT2D eigenvalue weighted by Crippen LogP contribution is -2.48. The number of hydrogen-bond donors (Lipinski definition) is 1. The Morgan fingerprint density at radius 1 is 1.37 bits per heavy atom. The van der Waals surface area contributed by atoms with E-state index in [0.717, 1.165) is 19.4 Å². The molecule has 0 aromatic heterocycles. The van der Waals surface area contributed by atoms with Crippen molar-refractivity contribution in [2.24, 2.45) is 0 Å². The number of nitrogens with one attached hydrogen (secondary N) is 1. The number of nitrogens with zero attached hydrogens (tertiary/aromatic N) is 2. The van der Waals surface area contributed by atoms with Gasteiger partial charge in [-0.15, -0.1) is 0 Å². The number of piperidine rings is 1. The maximum atomic E-state index is 12.3. The normalized spacial score (nSPS) is 22.3. The highest BCUT2D eigenvalue weighted by Crippen LogP contribution is 2.17. The van der Waals surface area contributed by atoms with Gasteiger partial charge in [-0.3, -0.25) is 0 Å². The molecular formula is C13H29N3O2S. The molecule has 6 heteroatoms. The van der Waals surface area contributed by atoms with E-state index in [1.54, 1.807) is 4.31 Å². The first-order chi connectivity index (χ1) is 8.83. The Hall–Kier alpha value is -0.170. The molecule has 0 bridgehead atoms. The predicted molar refractivity (Wildman–Crippen MR) is 79.8 cm³/mol. The fourth-order valence-corrected chi connectivity index (χ4v) is 3.94. The second-order valence-corrected chi connectivity index (χ2v) is 7.98. The summed E-state index contributed by atoms with van der Waals surface area (Å²) in [6, 6.07) is 0.771. The number of sulfonamides is 1. The summed E-state index contributed by atoms with van der Waals surface area (Å²) >= 11 is 0. The van der Waals surface area contributed by atoms with Crippen LogP contribution in [0.3, 0.4) is 0 Å². The number of hydrogen-bond acceptors (Lipinski definition) is 4. The molecule has 0 aliphatic carbocycles. The highest BCUT2D eigenvalue weighted by molar-refractivity contribution is 7.89. The summed E-state index contributed by atoms with van der Waals surface area (Å²) in [7, 11) is 0.961. The summed E-state index contributed by atoms with van der Waals surface area (Å²) in [5, 5.41) is 3.26. The molecule has 1 N–H and O–H groups in total. The van der Waals surface area contributed by atoms with Gasteiger partial charge in [0.15, 0.2) is 0 Å². The van der Waals surface area contributed by atoms with E-state index in [2.05, 4.69) is 24.1 Å². The average Bonchev–Trinajstić information content (AvgIpc) is 2.34. The van der Waals surface area contributed by atoms with Crippen LogP contribution in [-0.2, 0) is 10.0 Å². The first-order valence-electron chi connectivity index (χ1n) is 7.20. The average molecular weight is 291 g/mol. The molecule has 5 nitrogen and oxygen atoms in total. The summed E-state index contributed by atoms with van der Waals surface area (Å²) in [5.74, 6) is 0.257. The van der Waals surface area contributed by atoms with Gasteiger partial charge in [0.1, 0.15) is 0 Å². The lowest BCUT2D eigenvalue weighted by molar-refractivity contribution is 0.190. The molecule has 0 aromatic carbocycles. The summed E-state index contributed by atoms with van der Waals surface area (Å²) in [5.41, 5.74) is 0. The van der Waals surface area contributed by atoms with Crippen LogP contribution in [0.2, 0.25) is 0 Å². The van der Waals surface area contributed by atoms with Crippen LogP contribution in [-0.4, -0.2) is 69.2 Å². The molecule has 1 saturated heterocycles. The van der Waals surface area contributed by atoms with E-state index in [4.69, 9.17) is 0 Å². The van der Waals surface area contributed by atoms with Crippen LogP contribution < -0.4 is 5.32 Å². The molecular weight excluding hydrogens is 262 g/mol. The van der Waals surface area contributed by atoms with Crippen molar-refractivity contribution in [2.75, 3.05) is 39.5 Å². The van der Waals surface area contributed by atoms with E-state index in [1.807, 2.05) is 14.1 Å². The van der Waals surface area contributed by atoms with Gasteiger partial charge in [-0.2, -0.15) is 0 Å². The third-order valence-electron chi connectivity index (χ3n) is 3.61. The van der Waals surface area contributed by atoms with Gasteiger partial charge in [-0.25, -0.2) is 12.7 Å². The summed E-state index contributed by atoms with van der Waals surface area (Å²) in [4.78, 5) is 2.13. The van der Waals surface area contributed by atoms with Gasteiger partial charge in [0.25, 0.3) is 0 Å². The van der Waals surface area contributed by atoms with E-state index in [0.29, 0.717) is 31.6 Å². The third-order valence-corrected chi connectivity index (χ3v) is 5.54. The Kier molecular flexibility index (Phi) is 6.73. The van der Waals surface area contributed by atoms with Crippen LogP contribution in [0.5, 0.6) is 0 Å². The minimum absolute atomic E-state index is 0.257. The van der Waals surface area contributed by atoms with Crippen molar-refractivity contribution in [1.82, 2.24) is 14.5 Å². The first kappa shape index (κ1) is 16.9. The van der Waals surface area contributed by atoms with Crippen LogP contribution in [0, 0.1) is 0 Å². The van der Waals surface area contributed by atoms with Gasteiger partial charge >= 0.3 is 0 Å². The molecule has 1 rings (SSSR count). The SMILES string of the molecule is CC(C)NCCCS(=O)(=O)N1CCCC(N(C)C)C1. The van der Waals surface area contributed by atoms with Gasteiger partial charge in [0, 0.05) is 25.2 Å². The second-order valence-electron chi connectivity index (χ2n) is 5.90. The molecule has 0 amide bonds. The Morgan fingerprint density at radius 2 is 2.05 bits per heavy atom. The monoisotopic (exact) mass is 291 g/mol. The zero-order valence-electron chi connectivity index (χ0n) is 12.7. The minimum atomic E-state index is -3.08. The van der Waals surface area contributed by atoms with Crippen LogP contribution in [0.15, 0.2) is 0 Å². The zero-order valence-corrected chi connectivity index (χ0v) is 13.5. The van der Waals surface area contributed by atoms with Gasteiger partial charge in [-0.05, 0) is 39.9 Å². The molecule has 1 aliphatic heterocycles. The topological polar surface area (TPSA) is 52.7 Å². The van der Waals surface area contributed by atoms with Crippen molar-refractivity contribution in [3.63, 3.8) is 0 Å². The standard InChI is InChI=1S/C13H29N3O2S/c1-12(2)14-8-6-10-19(17,18)16-9-5-7-13(11-16)15(3)4/h12-14H,5-11H2,1-4H3. The van der Waals surface area contributed by atoms with Gasteiger partial charge in [-0.1, -0.05) is 13.8 Å². The summed E-state index contributed by atoms with van der Waals surface area (Å²) in [6.07, 6.45) is 2.74.